The van der Waals surface area contributed by atoms with E-state index in [9.17, 15) is 0 Å². The van der Waals surface area contributed by atoms with E-state index in [0.29, 0.717) is 5.56 Å². The minimum Gasteiger partial charge on any atom is -0.279 e. The molecule has 0 atom stereocenters. The van der Waals surface area contributed by atoms with Gasteiger partial charge in [-0.25, -0.2) is 0 Å². The highest BCUT2D eigenvalue weighted by Crippen LogP contribution is 2.08. The maximum Gasteiger partial charge on any atom is 0.0991 e. The van der Waals surface area contributed by atoms with Gasteiger partial charge in [-0.15, -0.1) is 11.6 Å². The molecule has 0 saturated heterocycles. The quantitative estimate of drug-likeness (QED) is 0.346. The first-order chi connectivity index (χ1) is 8.36. The Balaban J connectivity index is 2.21. The number of benzene rings is 1. The third-order valence-electron chi connectivity index (χ3n) is 2.27. The first-order valence-corrected chi connectivity index (χ1v) is 6.24. The summed E-state index contributed by atoms with van der Waals surface area (Å²) in [6, 6.07) is 9.27. The normalized spacial score (nSPS) is 10.4. The molecule has 0 aromatic heterocycles. The zero-order chi connectivity index (χ0) is 12.3. The molecule has 0 aliphatic carbocycles. The number of nitriles is 1. The lowest BCUT2D eigenvalue weighted by Gasteiger charge is -1.99. The summed E-state index contributed by atoms with van der Waals surface area (Å²) >= 11 is 5.58. The van der Waals surface area contributed by atoms with Crippen molar-refractivity contribution in [2.45, 2.75) is 25.7 Å². The maximum absolute atomic E-state index is 8.64. The smallest absolute Gasteiger partial charge is 0.0991 e. The predicted molar refractivity (Wildman–Crippen MR) is 72.5 cm³/mol. The molecule has 0 heterocycles. The van der Waals surface area contributed by atoms with E-state index in [0.717, 1.165) is 37.3 Å². The van der Waals surface area contributed by atoms with Gasteiger partial charge in [0, 0.05) is 12.1 Å². The van der Waals surface area contributed by atoms with E-state index in [1.54, 1.807) is 12.1 Å². The van der Waals surface area contributed by atoms with Crippen molar-refractivity contribution in [2.24, 2.45) is 5.10 Å². The van der Waals surface area contributed by atoms with Crippen LogP contribution in [0.5, 0.6) is 0 Å². The Morgan fingerprint density at radius 3 is 2.65 bits per heavy atom. The second-order valence-corrected chi connectivity index (χ2v) is 4.03. The summed E-state index contributed by atoms with van der Waals surface area (Å²) in [5.74, 6) is 0.737. The van der Waals surface area contributed by atoms with Gasteiger partial charge in [0.1, 0.15) is 0 Å². The summed E-state index contributed by atoms with van der Waals surface area (Å²) in [6.07, 6.45) is 6.16. The summed E-state index contributed by atoms with van der Waals surface area (Å²) in [4.78, 5) is 0. The fourth-order valence-electron chi connectivity index (χ4n) is 1.31. The third-order valence-corrected chi connectivity index (χ3v) is 2.53. The molecule has 0 radical (unpaired) electrons. The van der Waals surface area contributed by atoms with Gasteiger partial charge in [0.15, 0.2) is 0 Å². The average molecular weight is 250 g/mol. The van der Waals surface area contributed by atoms with Crippen LogP contribution in [0.15, 0.2) is 29.4 Å². The summed E-state index contributed by atoms with van der Waals surface area (Å²) in [5, 5.41) is 12.7. The van der Waals surface area contributed by atoms with Gasteiger partial charge >= 0.3 is 0 Å². The van der Waals surface area contributed by atoms with E-state index < -0.39 is 0 Å². The Labute approximate surface area is 107 Å². The molecule has 90 valence electrons. The van der Waals surface area contributed by atoms with Crippen LogP contribution in [0.4, 0.5) is 5.69 Å². The minimum absolute atomic E-state index is 0.653. The highest BCUT2D eigenvalue weighted by atomic mass is 35.5. The van der Waals surface area contributed by atoms with Gasteiger partial charge in [0.05, 0.1) is 17.3 Å². The number of halogens is 1. The standard InChI is InChI=1S/C13H16ClN3/c14-9-3-1-2-4-10-16-17-13-7-5-12(11-15)6-8-13/h5-8,10,17H,1-4,9H2/b16-10+. The SMILES string of the molecule is N#Cc1ccc(N/N=C/CCCCCCl)cc1. The lowest BCUT2D eigenvalue weighted by molar-refractivity contribution is 0.749. The van der Waals surface area contributed by atoms with Crippen LogP contribution in [0.3, 0.4) is 0 Å². The molecule has 1 aromatic carbocycles. The number of alkyl halides is 1. The van der Waals surface area contributed by atoms with Gasteiger partial charge in [0.25, 0.3) is 0 Å². The van der Waals surface area contributed by atoms with Crippen LogP contribution in [0, 0.1) is 11.3 Å². The van der Waals surface area contributed by atoms with E-state index in [4.69, 9.17) is 16.9 Å². The molecule has 0 unspecified atom stereocenters. The predicted octanol–water partition coefficient (Wildman–Crippen LogP) is 3.76. The molecule has 1 N–H and O–H groups in total. The van der Waals surface area contributed by atoms with Gasteiger partial charge in [0.2, 0.25) is 0 Å². The van der Waals surface area contributed by atoms with Crippen LogP contribution in [0.25, 0.3) is 0 Å². The molecule has 0 bridgehead atoms. The number of unbranched alkanes of at least 4 members (excludes halogenated alkanes) is 3. The molecule has 0 saturated carbocycles. The molecule has 17 heavy (non-hydrogen) atoms. The zero-order valence-corrected chi connectivity index (χ0v) is 10.5. The topological polar surface area (TPSA) is 48.2 Å². The average Bonchev–Trinajstić information content (AvgIpc) is 2.38. The van der Waals surface area contributed by atoms with Crippen LogP contribution >= 0.6 is 11.6 Å². The molecule has 1 rings (SSSR count). The van der Waals surface area contributed by atoms with Gasteiger partial charge in [-0.3, -0.25) is 5.43 Å². The summed E-state index contributed by atoms with van der Waals surface area (Å²) in [7, 11) is 0. The van der Waals surface area contributed by atoms with Crippen molar-refractivity contribution < 1.29 is 0 Å². The first kappa shape index (κ1) is 13.5. The number of hydrogen-bond acceptors (Lipinski definition) is 3. The fraction of sp³-hybridized carbons (Fsp3) is 0.385. The Hall–Kier alpha value is -1.53. The van der Waals surface area contributed by atoms with E-state index >= 15 is 0 Å². The van der Waals surface area contributed by atoms with E-state index in [-0.39, 0.29) is 0 Å². The highest BCUT2D eigenvalue weighted by Gasteiger charge is 1.90. The van der Waals surface area contributed by atoms with Crippen molar-refractivity contribution in [3.63, 3.8) is 0 Å². The van der Waals surface area contributed by atoms with Crippen molar-refractivity contribution in [3.05, 3.63) is 29.8 Å². The summed E-state index contributed by atoms with van der Waals surface area (Å²) in [5.41, 5.74) is 4.46. The van der Waals surface area contributed by atoms with Crippen molar-refractivity contribution in [1.82, 2.24) is 0 Å². The Kier molecular flexibility index (Phi) is 6.85. The van der Waals surface area contributed by atoms with Crippen LogP contribution < -0.4 is 5.43 Å². The van der Waals surface area contributed by atoms with Crippen molar-refractivity contribution in [1.29, 1.82) is 5.26 Å². The molecule has 1 aromatic rings. The monoisotopic (exact) mass is 249 g/mol. The van der Waals surface area contributed by atoms with Crippen molar-refractivity contribution in [2.75, 3.05) is 11.3 Å². The first-order valence-electron chi connectivity index (χ1n) is 5.70. The third kappa shape index (κ3) is 5.94. The van der Waals surface area contributed by atoms with Crippen molar-refractivity contribution in [3.8, 4) is 6.07 Å². The van der Waals surface area contributed by atoms with Gasteiger partial charge < -0.3 is 0 Å². The number of rotatable bonds is 7. The molecule has 0 amide bonds. The Morgan fingerprint density at radius 2 is 2.00 bits per heavy atom. The number of anilines is 1. The van der Waals surface area contributed by atoms with Crippen LogP contribution in [-0.4, -0.2) is 12.1 Å². The molecule has 0 fully saturated rings. The second-order valence-electron chi connectivity index (χ2n) is 3.65. The molecule has 3 nitrogen and oxygen atoms in total. The zero-order valence-electron chi connectivity index (χ0n) is 9.69. The number of hydrazone groups is 1. The fourth-order valence-corrected chi connectivity index (χ4v) is 1.50. The summed E-state index contributed by atoms with van der Waals surface area (Å²) < 4.78 is 0. The van der Waals surface area contributed by atoms with E-state index in [2.05, 4.69) is 16.6 Å². The number of nitrogens with one attached hydrogen (secondary N) is 1. The maximum atomic E-state index is 8.64. The molecular weight excluding hydrogens is 234 g/mol. The lowest BCUT2D eigenvalue weighted by atomic mass is 10.2. The number of nitrogens with zero attached hydrogens (tertiary/aromatic N) is 2. The van der Waals surface area contributed by atoms with Crippen molar-refractivity contribution >= 4 is 23.5 Å². The van der Waals surface area contributed by atoms with Gasteiger partial charge in [-0.2, -0.15) is 10.4 Å². The molecule has 4 heteroatoms. The lowest BCUT2D eigenvalue weighted by Crippen LogP contribution is -1.89. The molecule has 0 aliphatic heterocycles. The Morgan fingerprint density at radius 1 is 1.24 bits per heavy atom. The molecule has 0 spiro atoms. The van der Waals surface area contributed by atoms with Gasteiger partial charge in [-0.05, 0) is 43.5 Å². The summed E-state index contributed by atoms with van der Waals surface area (Å²) in [6.45, 7) is 0. The van der Waals surface area contributed by atoms with Gasteiger partial charge in [-0.1, -0.05) is 6.42 Å². The second kappa shape index (κ2) is 8.60. The van der Waals surface area contributed by atoms with E-state index in [1.165, 1.54) is 0 Å². The van der Waals surface area contributed by atoms with E-state index in [1.807, 2.05) is 18.3 Å². The molecular formula is C13H16ClN3. The Bertz CT molecular complexity index is 379. The largest absolute Gasteiger partial charge is 0.279 e. The molecule has 0 aliphatic rings. The highest BCUT2D eigenvalue weighted by molar-refractivity contribution is 6.17. The van der Waals surface area contributed by atoms with Crippen LogP contribution in [0.2, 0.25) is 0 Å². The number of hydrogen-bond donors (Lipinski definition) is 1. The van der Waals surface area contributed by atoms with Crippen LogP contribution in [-0.2, 0) is 0 Å². The van der Waals surface area contributed by atoms with Crippen LogP contribution in [0.1, 0.15) is 31.2 Å². The minimum atomic E-state index is 0.653.